The second kappa shape index (κ2) is 7.29. The van der Waals surface area contributed by atoms with E-state index >= 15 is 0 Å². The second-order valence-electron chi connectivity index (χ2n) is 5.03. The van der Waals surface area contributed by atoms with Crippen molar-refractivity contribution in [1.29, 1.82) is 0 Å². The molecule has 1 aromatic rings. The summed E-state index contributed by atoms with van der Waals surface area (Å²) in [7, 11) is 0. The van der Waals surface area contributed by atoms with E-state index in [0.29, 0.717) is 23.4 Å². The molecule has 1 saturated carbocycles. The van der Waals surface area contributed by atoms with Crippen LogP contribution in [0.3, 0.4) is 0 Å². The summed E-state index contributed by atoms with van der Waals surface area (Å²) in [6.07, 6.45) is -4.29. The van der Waals surface area contributed by atoms with Gasteiger partial charge < -0.3 is 15.9 Å². The number of carboxylic acid groups (broad SMARTS) is 1. The minimum absolute atomic E-state index is 0.327. The fourth-order valence-electron chi connectivity index (χ4n) is 2.22. The molecule has 0 aliphatic heterocycles. The van der Waals surface area contributed by atoms with Gasteiger partial charge >= 0.3 is 12.1 Å². The number of carboxylic acids is 1. The number of aliphatic carboxylic acids is 1. The smallest absolute Gasteiger partial charge is 0.475 e. The maximum atomic E-state index is 12.0. The topological polar surface area (TPSA) is 101 Å². The number of rotatable bonds is 1. The lowest BCUT2D eigenvalue weighted by molar-refractivity contribution is -0.192. The zero-order valence-corrected chi connectivity index (χ0v) is 12.6. The highest BCUT2D eigenvalue weighted by atomic mass is 35.5. The second-order valence-corrected chi connectivity index (χ2v) is 5.43. The molecule has 2 atom stereocenters. The minimum Gasteiger partial charge on any atom is -0.475 e. The van der Waals surface area contributed by atoms with E-state index in [9.17, 15) is 23.1 Å². The molecular weight excluding hydrogens is 339 g/mol. The van der Waals surface area contributed by atoms with Gasteiger partial charge in [-0.1, -0.05) is 29.8 Å². The van der Waals surface area contributed by atoms with Gasteiger partial charge in [-0.05, 0) is 30.9 Å². The first-order chi connectivity index (χ1) is 10.5. The van der Waals surface area contributed by atoms with Gasteiger partial charge in [0.25, 0.3) is 0 Å². The Morgan fingerprint density at radius 3 is 2.35 bits per heavy atom. The Morgan fingerprint density at radius 2 is 1.87 bits per heavy atom. The van der Waals surface area contributed by atoms with Crippen LogP contribution in [0.4, 0.5) is 13.2 Å². The highest BCUT2D eigenvalue weighted by Gasteiger charge is 2.43. The molecule has 0 radical (unpaired) electrons. The number of aliphatic hydroxyl groups is 1. The molecule has 5 nitrogen and oxygen atoms in total. The van der Waals surface area contributed by atoms with Crippen molar-refractivity contribution in [2.24, 2.45) is 5.73 Å². The van der Waals surface area contributed by atoms with Crippen molar-refractivity contribution >= 4 is 23.4 Å². The van der Waals surface area contributed by atoms with Gasteiger partial charge in [-0.2, -0.15) is 13.2 Å². The third kappa shape index (κ3) is 4.66. The molecule has 128 valence electrons. The molecule has 9 heteroatoms. The van der Waals surface area contributed by atoms with Gasteiger partial charge in [0.05, 0.1) is 0 Å². The molecule has 1 fully saturated rings. The first-order valence-corrected chi connectivity index (χ1v) is 6.94. The van der Waals surface area contributed by atoms with Crippen molar-refractivity contribution in [3.63, 3.8) is 0 Å². The van der Waals surface area contributed by atoms with Crippen molar-refractivity contribution in [2.75, 3.05) is 0 Å². The Morgan fingerprint density at radius 1 is 1.35 bits per heavy atom. The van der Waals surface area contributed by atoms with E-state index < -0.39 is 23.8 Å². The van der Waals surface area contributed by atoms with Crippen LogP contribution in [0.15, 0.2) is 24.3 Å². The number of ketones is 1. The summed E-state index contributed by atoms with van der Waals surface area (Å²) < 4.78 is 31.7. The van der Waals surface area contributed by atoms with Crippen molar-refractivity contribution in [3.8, 4) is 0 Å². The van der Waals surface area contributed by atoms with Crippen molar-refractivity contribution in [2.45, 2.75) is 37.1 Å². The van der Waals surface area contributed by atoms with E-state index in [0.717, 1.165) is 6.42 Å². The maximum Gasteiger partial charge on any atom is 0.490 e. The number of benzene rings is 1. The van der Waals surface area contributed by atoms with E-state index in [1.807, 2.05) is 0 Å². The van der Waals surface area contributed by atoms with E-state index in [2.05, 4.69) is 0 Å². The summed E-state index contributed by atoms with van der Waals surface area (Å²) in [4.78, 5) is 20.9. The van der Waals surface area contributed by atoms with Crippen LogP contribution in [-0.4, -0.2) is 34.2 Å². The zero-order valence-electron chi connectivity index (χ0n) is 11.8. The average Bonchev–Trinajstić information content (AvgIpc) is 2.45. The molecule has 0 bridgehead atoms. The Hall–Kier alpha value is -1.64. The lowest BCUT2D eigenvalue weighted by Gasteiger charge is -2.35. The Kier molecular flexibility index (Phi) is 6.15. The predicted octanol–water partition coefficient (Wildman–Crippen LogP) is 2.24. The van der Waals surface area contributed by atoms with Crippen LogP contribution in [-0.2, 0) is 15.1 Å². The highest BCUT2D eigenvalue weighted by molar-refractivity contribution is 6.31. The third-order valence-electron chi connectivity index (χ3n) is 3.39. The number of alkyl halides is 3. The van der Waals surface area contributed by atoms with E-state index in [1.165, 1.54) is 0 Å². The van der Waals surface area contributed by atoms with Gasteiger partial charge in [0.15, 0.2) is 5.78 Å². The van der Waals surface area contributed by atoms with Crippen LogP contribution in [0, 0.1) is 0 Å². The van der Waals surface area contributed by atoms with Crippen LogP contribution < -0.4 is 5.73 Å². The van der Waals surface area contributed by atoms with Gasteiger partial charge in [0.1, 0.15) is 11.6 Å². The predicted molar refractivity (Wildman–Crippen MR) is 75.9 cm³/mol. The molecule has 1 aliphatic carbocycles. The monoisotopic (exact) mass is 353 g/mol. The average molecular weight is 354 g/mol. The number of aliphatic hydroxyl groups excluding tert-OH is 1. The van der Waals surface area contributed by atoms with Crippen molar-refractivity contribution < 1.29 is 33.0 Å². The van der Waals surface area contributed by atoms with Crippen molar-refractivity contribution in [3.05, 3.63) is 34.9 Å². The lowest BCUT2D eigenvalue weighted by Crippen LogP contribution is -2.52. The van der Waals surface area contributed by atoms with Crippen LogP contribution >= 0.6 is 11.6 Å². The number of Topliss-reactive ketones (excluding diaryl/α,β-unsaturated/α-hetero) is 1. The Balaban J connectivity index is 0.000000322. The van der Waals surface area contributed by atoms with E-state index in [-0.39, 0.29) is 5.78 Å². The van der Waals surface area contributed by atoms with Crippen LogP contribution in [0.25, 0.3) is 0 Å². The van der Waals surface area contributed by atoms with Crippen LogP contribution in [0.5, 0.6) is 0 Å². The molecule has 1 aliphatic rings. The SMILES string of the molecule is N[C@]1(c2ccccc2Cl)CCC[C@H](O)C1=O.O=C(O)C(F)(F)F. The molecule has 4 N–H and O–H groups in total. The summed E-state index contributed by atoms with van der Waals surface area (Å²) in [5.74, 6) is -3.08. The molecular formula is C14H15ClF3NO4. The minimum atomic E-state index is -5.08. The van der Waals surface area contributed by atoms with Gasteiger partial charge in [0.2, 0.25) is 0 Å². The Bertz CT molecular complexity index is 594. The van der Waals surface area contributed by atoms with Gasteiger partial charge in [0, 0.05) is 5.02 Å². The molecule has 0 heterocycles. The number of carbonyl (C=O) groups is 2. The largest absolute Gasteiger partial charge is 0.490 e. The molecule has 23 heavy (non-hydrogen) atoms. The van der Waals surface area contributed by atoms with Crippen LogP contribution in [0.1, 0.15) is 24.8 Å². The maximum absolute atomic E-state index is 12.0. The zero-order chi connectivity index (χ0) is 17.8. The first kappa shape index (κ1) is 19.4. The molecule has 0 amide bonds. The third-order valence-corrected chi connectivity index (χ3v) is 3.72. The number of hydrogen-bond donors (Lipinski definition) is 3. The van der Waals surface area contributed by atoms with Gasteiger partial charge in [-0.3, -0.25) is 4.79 Å². The molecule has 0 unspecified atom stereocenters. The number of nitrogens with two attached hydrogens (primary N) is 1. The molecule has 0 saturated heterocycles. The summed E-state index contributed by atoms with van der Waals surface area (Å²) in [5.41, 5.74) is 5.60. The fourth-order valence-corrected chi connectivity index (χ4v) is 2.52. The quantitative estimate of drug-likeness (QED) is 0.719. The van der Waals surface area contributed by atoms with E-state index in [4.69, 9.17) is 27.2 Å². The first-order valence-electron chi connectivity index (χ1n) is 6.56. The highest BCUT2D eigenvalue weighted by Crippen LogP contribution is 2.35. The summed E-state index contributed by atoms with van der Waals surface area (Å²) in [6, 6.07) is 7.04. The Labute approximate surface area is 134 Å². The molecule has 0 aromatic heterocycles. The normalized spacial score (nSPS) is 24.6. The molecule has 1 aromatic carbocycles. The summed E-state index contributed by atoms with van der Waals surface area (Å²) >= 11 is 6.05. The van der Waals surface area contributed by atoms with Gasteiger partial charge in [-0.15, -0.1) is 0 Å². The molecule has 0 spiro atoms. The fraction of sp³-hybridized carbons (Fsp3) is 0.429. The lowest BCUT2D eigenvalue weighted by atomic mass is 9.75. The summed E-state index contributed by atoms with van der Waals surface area (Å²) in [5, 5.41) is 17.2. The van der Waals surface area contributed by atoms with Gasteiger partial charge in [-0.25, -0.2) is 4.79 Å². The number of hydrogen-bond acceptors (Lipinski definition) is 4. The number of halogens is 4. The van der Waals surface area contributed by atoms with Crippen molar-refractivity contribution in [1.82, 2.24) is 0 Å². The number of carbonyl (C=O) groups excluding carboxylic acids is 1. The summed E-state index contributed by atoms with van der Waals surface area (Å²) in [6.45, 7) is 0. The standard InChI is InChI=1S/C12H14ClNO2.C2HF3O2/c13-9-5-2-1-4-8(9)12(14)7-3-6-10(15)11(12)16;3-2(4,5)1(6)7/h1-2,4-5,10,15H,3,6-7,14H2;(H,6,7)/t10-,12-;/m0./s1. The molecule has 2 rings (SSSR count). The van der Waals surface area contributed by atoms with Crippen LogP contribution in [0.2, 0.25) is 5.02 Å². The van der Waals surface area contributed by atoms with E-state index in [1.54, 1.807) is 24.3 Å².